The number of aromatic nitrogens is 2. The molecule has 31 heavy (non-hydrogen) atoms. The van der Waals surface area contributed by atoms with E-state index in [1.165, 1.54) is 0 Å². The van der Waals surface area contributed by atoms with Crippen LogP contribution < -0.4 is 5.32 Å². The minimum absolute atomic E-state index is 0.0946. The van der Waals surface area contributed by atoms with Crippen LogP contribution >= 0.6 is 11.6 Å². The third-order valence-electron chi connectivity index (χ3n) is 5.56. The van der Waals surface area contributed by atoms with E-state index < -0.39 is 0 Å². The summed E-state index contributed by atoms with van der Waals surface area (Å²) < 4.78 is 5.32. The van der Waals surface area contributed by atoms with E-state index in [4.69, 9.17) is 16.1 Å². The number of nitrogens with one attached hydrogen (secondary N) is 2. The number of nitrogens with zero attached hydrogens (tertiary/aromatic N) is 1. The van der Waals surface area contributed by atoms with Crippen molar-refractivity contribution in [3.05, 3.63) is 101 Å². The van der Waals surface area contributed by atoms with Crippen LogP contribution in [0, 0.1) is 0 Å². The van der Waals surface area contributed by atoms with Crippen molar-refractivity contribution in [2.45, 2.75) is 12.3 Å². The molecule has 0 saturated carbocycles. The second-order valence-corrected chi connectivity index (χ2v) is 7.88. The van der Waals surface area contributed by atoms with Crippen molar-refractivity contribution in [2.24, 2.45) is 0 Å². The zero-order chi connectivity index (χ0) is 21.2. The molecule has 5 rings (SSSR count). The number of benzene rings is 3. The molecule has 2 N–H and O–H groups in total. The molecule has 0 spiro atoms. The maximum absolute atomic E-state index is 12.8. The standard InChI is InChI=1S/C25H20ClN3O2/c26-21-10-4-1-7-16(21)19(20-14-27-22-11-5-2-8-17(20)22)15-28-25(30)13-23-18-9-3-6-12-24(18)31-29-23/h1-12,14,19,27H,13,15H2,(H,28,30)/t19-/m0/s1. The lowest BCUT2D eigenvalue weighted by atomic mass is 9.90. The highest BCUT2D eigenvalue weighted by Crippen LogP contribution is 2.34. The summed E-state index contributed by atoms with van der Waals surface area (Å²) in [6, 6.07) is 23.4. The smallest absolute Gasteiger partial charge is 0.226 e. The molecule has 0 aliphatic rings. The average molecular weight is 430 g/mol. The van der Waals surface area contributed by atoms with Gasteiger partial charge in [0.1, 0.15) is 5.69 Å². The first kappa shape index (κ1) is 19.4. The summed E-state index contributed by atoms with van der Waals surface area (Å²) in [7, 11) is 0. The van der Waals surface area contributed by atoms with Gasteiger partial charge in [-0.15, -0.1) is 0 Å². The molecule has 0 radical (unpaired) electrons. The fraction of sp³-hybridized carbons (Fsp3) is 0.120. The van der Waals surface area contributed by atoms with Crippen molar-refractivity contribution in [3.63, 3.8) is 0 Å². The molecule has 3 aromatic carbocycles. The highest BCUT2D eigenvalue weighted by Gasteiger charge is 2.21. The van der Waals surface area contributed by atoms with Crippen molar-refractivity contribution in [1.29, 1.82) is 0 Å². The van der Waals surface area contributed by atoms with E-state index in [0.29, 0.717) is 22.8 Å². The Balaban J connectivity index is 1.41. The van der Waals surface area contributed by atoms with Crippen molar-refractivity contribution >= 4 is 39.4 Å². The SMILES string of the molecule is O=C(Cc1noc2ccccc12)NC[C@@H](c1ccccc1Cl)c1c[nH]c2ccccc12. The Labute approximate surface area is 184 Å². The number of fused-ring (bicyclic) bond motifs is 2. The topological polar surface area (TPSA) is 70.9 Å². The molecule has 2 aromatic heterocycles. The third-order valence-corrected chi connectivity index (χ3v) is 5.91. The molecule has 0 aliphatic heterocycles. The minimum atomic E-state index is -0.115. The summed E-state index contributed by atoms with van der Waals surface area (Å²) in [4.78, 5) is 16.1. The first-order valence-corrected chi connectivity index (χ1v) is 10.5. The Morgan fingerprint density at radius 2 is 1.71 bits per heavy atom. The van der Waals surface area contributed by atoms with E-state index in [0.717, 1.165) is 27.4 Å². The highest BCUT2D eigenvalue weighted by atomic mass is 35.5. The molecular weight excluding hydrogens is 410 g/mol. The molecule has 154 valence electrons. The third kappa shape index (κ3) is 3.80. The van der Waals surface area contributed by atoms with E-state index >= 15 is 0 Å². The largest absolute Gasteiger partial charge is 0.361 e. The molecule has 6 heteroatoms. The van der Waals surface area contributed by atoms with Crippen molar-refractivity contribution in [3.8, 4) is 0 Å². The van der Waals surface area contributed by atoms with Gasteiger partial charge in [0.15, 0.2) is 5.58 Å². The average Bonchev–Trinajstić information content (AvgIpc) is 3.40. The zero-order valence-electron chi connectivity index (χ0n) is 16.6. The van der Waals surface area contributed by atoms with Gasteiger partial charge < -0.3 is 14.8 Å². The summed E-state index contributed by atoms with van der Waals surface area (Å²) in [6.07, 6.45) is 2.15. The lowest BCUT2D eigenvalue weighted by Crippen LogP contribution is -2.30. The summed E-state index contributed by atoms with van der Waals surface area (Å²) in [5, 5.41) is 9.78. The Kier molecular flexibility index (Phi) is 5.18. The van der Waals surface area contributed by atoms with Crippen LogP contribution in [0.5, 0.6) is 0 Å². The van der Waals surface area contributed by atoms with Crippen LogP contribution in [0.1, 0.15) is 22.7 Å². The van der Waals surface area contributed by atoms with Crippen LogP contribution in [0.15, 0.2) is 83.5 Å². The van der Waals surface area contributed by atoms with Gasteiger partial charge >= 0.3 is 0 Å². The monoisotopic (exact) mass is 429 g/mol. The molecule has 0 aliphatic carbocycles. The van der Waals surface area contributed by atoms with E-state index in [1.54, 1.807) is 0 Å². The van der Waals surface area contributed by atoms with Gasteiger partial charge in [0.25, 0.3) is 0 Å². The number of amides is 1. The van der Waals surface area contributed by atoms with E-state index in [2.05, 4.69) is 21.5 Å². The number of rotatable bonds is 6. The number of para-hydroxylation sites is 2. The van der Waals surface area contributed by atoms with Crippen molar-refractivity contribution in [2.75, 3.05) is 6.54 Å². The Morgan fingerprint density at radius 3 is 2.58 bits per heavy atom. The molecule has 0 fully saturated rings. The molecule has 0 bridgehead atoms. The fourth-order valence-electron chi connectivity index (χ4n) is 4.02. The second-order valence-electron chi connectivity index (χ2n) is 7.47. The summed E-state index contributed by atoms with van der Waals surface area (Å²) >= 11 is 6.54. The van der Waals surface area contributed by atoms with Gasteiger partial charge in [0.05, 0.1) is 6.42 Å². The molecule has 0 saturated heterocycles. The molecule has 5 nitrogen and oxygen atoms in total. The number of aromatic amines is 1. The first-order valence-electron chi connectivity index (χ1n) is 10.1. The van der Waals surface area contributed by atoms with Gasteiger partial charge in [-0.3, -0.25) is 4.79 Å². The number of carbonyl (C=O) groups is 1. The minimum Gasteiger partial charge on any atom is -0.361 e. The number of H-pyrrole nitrogens is 1. The first-order chi connectivity index (χ1) is 15.2. The van der Waals surface area contributed by atoms with Gasteiger partial charge in [-0.05, 0) is 35.4 Å². The maximum atomic E-state index is 12.8. The van der Waals surface area contributed by atoms with Crippen LogP contribution in [-0.2, 0) is 11.2 Å². The quantitative estimate of drug-likeness (QED) is 0.377. The van der Waals surface area contributed by atoms with Gasteiger partial charge in [-0.2, -0.15) is 0 Å². The normalized spacial score (nSPS) is 12.3. The number of hydrogen-bond acceptors (Lipinski definition) is 3. The molecule has 0 unspecified atom stereocenters. The number of hydrogen-bond donors (Lipinski definition) is 2. The Hall–Kier alpha value is -3.57. The van der Waals surface area contributed by atoms with Gasteiger partial charge in [0.2, 0.25) is 5.91 Å². The highest BCUT2D eigenvalue weighted by molar-refractivity contribution is 6.31. The van der Waals surface area contributed by atoms with Crippen LogP contribution in [0.2, 0.25) is 5.02 Å². The van der Waals surface area contributed by atoms with Crippen LogP contribution in [0.25, 0.3) is 21.9 Å². The van der Waals surface area contributed by atoms with Crippen molar-refractivity contribution in [1.82, 2.24) is 15.5 Å². The fourth-order valence-corrected chi connectivity index (χ4v) is 4.29. The van der Waals surface area contributed by atoms with Crippen molar-refractivity contribution < 1.29 is 9.32 Å². The summed E-state index contributed by atoms with van der Waals surface area (Å²) in [5.41, 5.74) is 4.43. The second kappa shape index (κ2) is 8.28. The van der Waals surface area contributed by atoms with Crippen LogP contribution in [-0.4, -0.2) is 22.6 Å². The molecule has 5 aromatic rings. The Bertz CT molecular complexity index is 1370. The van der Waals surface area contributed by atoms with Gasteiger partial charge in [0, 0.05) is 40.0 Å². The number of halogens is 1. The molecule has 2 heterocycles. The van der Waals surface area contributed by atoms with E-state index in [1.807, 2.05) is 72.9 Å². The summed E-state index contributed by atoms with van der Waals surface area (Å²) in [6.45, 7) is 0.417. The maximum Gasteiger partial charge on any atom is 0.226 e. The lowest BCUT2D eigenvalue weighted by Gasteiger charge is -2.19. The lowest BCUT2D eigenvalue weighted by molar-refractivity contribution is -0.120. The van der Waals surface area contributed by atoms with Gasteiger partial charge in [-0.25, -0.2) is 0 Å². The summed E-state index contributed by atoms with van der Waals surface area (Å²) in [5.74, 6) is -0.209. The predicted molar refractivity (Wildman–Crippen MR) is 122 cm³/mol. The van der Waals surface area contributed by atoms with E-state index in [9.17, 15) is 4.79 Å². The number of carbonyl (C=O) groups excluding carboxylic acids is 1. The van der Waals surface area contributed by atoms with Crippen LogP contribution in [0.4, 0.5) is 0 Å². The predicted octanol–water partition coefficient (Wildman–Crippen LogP) is 5.45. The molecular formula is C25H20ClN3O2. The van der Waals surface area contributed by atoms with E-state index in [-0.39, 0.29) is 18.2 Å². The van der Waals surface area contributed by atoms with Crippen LogP contribution in [0.3, 0.4) is 0 Å². The van der Waals surface area contributed by atoms with Gasteiger partial charge in [-0.1, -0.05) is 65.3 Å². The zero-order valence-corrected chi connectivity index (χ0v) is 17.4. The molecule has 1 atom stereocenters. The molecule has 1 amide bonds. The Morgan fingerprint density at radius 1 is 0.968 bits per heavy atom.